The predicted octanol–water partition coefficient (Wildman–Crippen LogP) is 2.75. The van der Waals surface area contributed by atoms with Crippen LogP contribution in [0.3, 0.4) is 0 Å². The SMILES string of the molecule is Cc1nn(CC(=O)N2CCCC2)c(C)c1S(=O)(=O)N1CCCC(C(=O)NC2CCCCCCC2)C1. The van der Waals surface area contributed by atoms with Crippen molar-refractivity contribution in [2.45, 2.75) is 102 Å². The van der Waals surface area contributed by atoms with E-state index in [1.165, 1.54) is 28.2 Å². The van der Waals surface area contributed by atoms with Gasteiger partial charge in [-0.25, -0.2) is 8.42 Å². The Kier molecular flexibility index (Phi) is 8.52. The highest BCUT2D eigenvalue weighted by Crippen LogP contribution is 2.28. The summed E-state index contributed by atoms with van der Waals surface area (Å²) in [7, 11) is -3.82. The highest BCUT2D eigenvalue weighted by molar-refractivity contribution is 7.89. The number of sulfonamides is 1. The molecule has 1 N–H and O–H groups in total. The van der Waals surface area contributed by atoms with Gasteiger partial charge in [0.1, 0.15) is 11.4 Å². The molecule has 1 aromatic heterocycles. The maximum Gasteiger partial charge on any atom is 0.246 e. The molecule has 10 heteroatoms. The lowest BCUT2D eigenvalue weighted by molar-refractivity contribution is -0.131. The predicted molar refractivity (Wildman–Crippen MR) is 133 cm³/mol. The van der Waals surface area contributed by atoms with Gasteiger partial charge >= 0.3 is 0 Å². The Labute approximate surface area is 209 Å². The Balaban J connectivity index is 1.43. The van der Waals surface area contributed by atoms with Gasteiger partial charge in [-0.1, -0.05) is 32.1 Å². The number of aromatic nitrogens is 2. The smallest absolute Gasteiger partial charge is 0.246 e. The summed E-state index contributed by atoms with van der Waals surface area (Å²) in [5, 5.41) is 7.64. The van der Waals surface area contributed by atoms with Crippen LogP contribution < -0.4 is 5.32 Å². The zero-order valence-electron chi connectivity index (χ0n) is 21.3. The van der Waals surface area contributed by atoms with Crippen molar-refractivity contribution in [3.63, 3.8) is 0 Å². The van der Waals surface area contributed by atoms with E-state index < -0.39 is 10.0 Å². The van der Waals surface area contributed by atoms with Crippen molar-refractivity contribution in [2.24, 2.45) is 5.92 Å². The van der Waals surface area contributed by atoms with Crippen molar-refractivity contribution in [3.05, 3.63) is 11.4 Å². The van der Waals surface area contributed by atoms with Crippen molar-refractivity contribution in [1.82, 2.24) is 24.3 Å². The number of carbonyl (C=O) groups is 2. The van der Waals surface area contributed by atoms with Crippen LogP contribution in [0.25, 0.3) is 0 Å². The Bertz CT molecular complexity index is 1010. The van der Waals surface area contributed by atoms with Crippen molar-refractivity contribution in [1.29, 1.82) is 0 Å². The molecule has 0 radical (unpaired) electrons. The van der Waals surface area contributed by atoms with E-state index >= 15 is 0 Å². The second kappa shape index (κ2) is 11.4. The minimum Gasteiger partial charge on any atom is -0.353 e. The lowest BCUT2D eigenvalue weighted by Crippen LogP contribution is -2.47. The third-order valence-corrected chi connectivity index (χ3v) is 9.98. The second-order valence-electron chi connectivity index (χ2n) is 10.5. The number of aryl methyl sites for hydroxylation is 1. The Hall–Kier alpha value is -1.94. The normalized spacial score (nSPS) is 23.1. The summed E-state index contributed by atoms with van der Waals surface area (Å²) in [4.78, 5) is 27.7. The molecule has 3 heterocycles. The first-order valence-electron chi connectivity index (χ1n) is 13.4. The van der Waals surface area contributed by atoms with Crippen molar-refractivity contribution in [3.8, 4) is 0 Å². The third kappa shape index (κ3) is 6.07. The standard InChI is InChI=1S/C25H41N5O4S/c1-19-24(20(2)30(27-19)18-23(31)28-14-8-9-15-28)35(33,34)29-16-10-11-21(17-29)25(32)26-22-12-6-4-3-5-7-13-22/h21-22H,3-18H2,1-2H3,(H,26,32). The molecule has 2 amide bonds. The van der Waals surface area contributed by atoms with Crippen LogP contribution in [0.15, 0.2) is 4.90 Å². The van der Waals surface area contributed by atoms with Crippen LogP contribution in [0.1, 0.15) is 82.0 Å². The summed E-state index contributed by atoms with van der Waals surface area (Å²) in [6.45, 7) is 5.54. The zero-order valence-corrected chi connectivity index (χ0v) is 22.1. The van der Waals surface area contributed by atoms with Crippen molar-refractivity contribution in [2.75, 3.05) is 26.2 Å². The van der Waals surface area contributed by atoms with E-state index in [0.717, 1.165) is 51.6 Å². The number of piperidine rings is 1. The molecule has 35 heavy (non-hydrogen) atoms. The van der Waals surface area contributed by atoms with E-state index in [1.54, 1.807) is 13.8 Å². The van der Waals surface area contributed by atoms with Crippen LogP contribution in [-0.2, 0) is 26.2 Å². The molecule has 0 bridgehead atoms. The Morgan fingerprint density at radius 1 is 0.914 bits per heavy atom. The largest absolute Gasteiger partial charge is 0.353 e. The van der Waals surface area contributed by atoms with E-state index in [4.69, 9.17) is 0 Å². The van der Waals surface area contributed by atoms with Gasteiger partial charge in [-0.15, -0.1) is 0 Å². The van der Waals surface area contributed by atoms with Gasteiger partial charge < -0.3 is 10.2 Å². The maximum absolute atomic E-state index is 13.7. The van der Waals surface area contributed by atoms with Crippen molar-refractivity contribution < 1.29 is 18.0 Å². The number of nitrogens with zero attached hydrogens (tertiary/aromatic N) is 4. The van der Waals surface area contributed by atoms with Gasteiger partial charge in [0.25, 0.3) is 0 Å². The van der Waals surface area contributed by atoms with Crippen LogP contribution >= 0.6 is 0 Å². The Morgan fingerprint density at radius 3 is 2.26 bits per heavy atom. The molecule has 3 aliphatic rings. The summed E-state index contributed by atoms with van der Waals surface area (Å²) in [5.41, 5.74) is 0.883. The first-order chi connectivity index (χ1) is 16.8. The van der Waals surface area contributed by atoms with E-state index in [1.807, 2.05) is 4.90 Å². The fourth-order valence-electron chi connectivity index (χ4n) is 5.83. The molecule has 1 aliphatic carbocycles. The number of amides is 2. The van der Waals surface area contributed by atoms with Crippen LogP contribution in [0.2, 0.25) is 0 Å². The summed E-state index contributed by atoms with van der Waals surface area (Å²) in [5.74, 6) is -0.381. The lowest BCUT2D eigenvalue weighted by Gasteiger charge is -2.32. The minimum absolute atomic E-state index is 0.0178. The molecule has 1 unspecified atom stereocenters. The number of hydrogen-bond acceptors (Lipinski definition) is 5. The lowest BCUT2D eigenvalue weighted by atomic mass is 9.94. The molecule has 1 atom stereocenters. The molecule has 0 aromatic carbocycles. The molecule has 3 fully saturated rings. The summed E-state index contributed by atoms with van der Waals surface area (Å²) in [6, 6.07) is 0.200. The van der Waals surface area contributed by atoms with Crippen molar-refractivity contribution >= 4 is 21.8 Å². The molecule has 0 spiro atoms. The molecular weight excluding hydrogens is 466 g/mol. The number of rotatable bonds is 6. The molecule has 1 aromatic rings. The Morgan fingerprint density at radius 2 is 1.57 bits per heavy atom. The topological polar surface area (TPSA) is 105 Å². The monoisotopic (exact) mass is 507 g/mol. The van der Waals surface area contributed by atoms with E-state index in [-0.39, 0.29) is 41.8 Å². The summed E-state index contributed by atoms with van der Waals surface area (Å²) >= 11 is 0. The van der Waals surface area contributed by atoms with E-state index in [2.05, 4.69) is 10.4 Å². The van der Waals surface area contributed by atoms with Gasteiger partial charge in [-0.3, -0.25) is 14.3 Å². The number of nitrogens with one attached hydrogen (secondary N) is 1. The van der Waals surface area contributed by atoms with Gasteiger partial charge in [0.2, 0.25) is 21.8 Å². The van der Waals surface area contributed by atoms with Crippen LogP contribution in [0.4, 0.5) is 0 Å². The van der Waals surface area contributed by atoms with Crippen LogP contribution in [-0.4, -0.2) is 71.4 Å². The molecule has 196 valence electrons. The average Bonchev–Trinajstić information content (AvgIpc) is 3.44. The highest BCUT2D eigenvalue weighted by atomic mass is 32.2. The number of hydrogen-bond donors (Lipinski definition) is 1. The van der Waals surface area contributed by atoms with Crippen LogP contribution in [0, 0.1) is 19.8 Å². The molecule has 9 nitrogen and oxygen atoms in total. The molecule has 4 rings (SSSR count). The average molecular weight is 508 g/mol. The van der Waals surface area contributed by atoms with Gasteiger partial charge in [0, 0.05) is 32.2 Å². The second-order valence-corrected chi connectivity index (χ2v) is 12.4. The molecule has 2 saturated heterocycles. The summed E-state index contributed by atoms with van der Waals surface area (Å²) in [6.07, 6.45) is 11.4. The fourth-order valence-corrected chi connectivity index (χ4v) is 7.72. The first-order valence-corrected chi connectivity index (χ1v) is 14.8. The van der Waals surface area contributed by atoms with Gasteiger partial charge in [0.15, 0.2) is 0 Å². The van der Waals surface area contributed by atoms with Gasteiger partial charge in [-0.05, 0) is 52.4 Å². The van der Waals surface area contributed by atoms with E-state index in [0.29, 0.717) is 30.8 Å². The zero-order chi connectivity index (χ0) is 25.0. The fraction of sp³-hybridized carbons (Fsp3) is 0.800. The molecular formula is C25H41N5O4S. The van der Waals surface area contributed by atoms with Gasteiger partial charge in [-0.2, -0.15) is 9.40 Å². The maximum atomic E-state index is 13.7. The molecule has 1 saturated carbocycles. The minimum atomic E-state index is -3.82. The highest BCUT2D eigenvalue weighted by Gasteiger charge is 2.37. The number of likely N-dealkylation sites (tertiary alicyclic amines) is 1. The number of carbonyl (C=O) groups excluding carboxylic acids is 2. The quantitative estimate of drug-likeness (QED) is 0.638. The van der Waals surface area contributed by atoms with Crippen LogP contribution in [0.5, 0.6) is 0 Å². The molecule has 2 aliphatic heterocycles. The third-order valence-electron chi connectivity index (χ3n) is 7.86. The summed E-state index contributed by atoms with van der Waals surface area (Å²) < 4.78 is 30.3. The van der Waals surface area contributed by atoms with Gasteiger partial charge in [0.05, 0.1) is 17.3 Å². The first kappa shape index (κ1) is 26.1. The van der Waals surface area contributed by atoms with E-state index in [9.17, 15) is 18.0 Å².